The molecule has 0 saturated heterocycles. The van der Waals surface area contributed by atoms with Gasteiger partial charge in [-0.2, -0.15) is 4.68 Å². The van der Waals surface area contributed by atoms with Gasteiger partial charge in [-0.05, 0) is 92.0 Å². The SMILES string of the molecule is CC(C)(C)OC(=O)NCCCn1cc(-c2ccc(OC[C@H](O/N=C(/C(=O)O)c3csc(NC(=O)OC(C)(C)C)n3)C(=O)OC(C)(C)C)cc2)c[n+]1CCN=[N+]=[N-]. The zero-order valence-corrected chi connectivity index (χ0v) is 33.8. The largest absolute Gasteiger partial charge is 0.489 e. The van der Waals surface area contributed by atoms with E-state index in [2.05, 4.69) is 30.8 Å². The molecule has 19 nitrogen and oxygen atoms in total. The van der Waals surface area contributed by atoms with Crippen molar-refractivity contribution in [3.8, 4) is 16.9 Å². The summed E-state index contributed by atoms with van der Waals surface area (Å²) >= 11 is 0.941. The number of nitrogens with zero attached hydrogens (tertiary/aromatic N) is 7. The molecular weight excluding hydrogens is 751 g/mol. The van der Waals surface area contributed by atoms with E-state index in [1.54, 1.807) is 74.4 Å². The first-order valence-electron chi connectivity index (χ1n) is 17.6. The van der Waals surface area contributed by atoms with Gasteiger partial charge in [-0.25, -0.2) is 24.2 Å². The van der Waals surface area contributed by atoms with E-state index in [1.165, 1.54) is 5.38 Å². The van der Waals surface area contributed by atoms with Crippen molar-refractivity contribution in [3.05, 3.63) is 58.2 Å². The Bertz CT molecular complexity index is 1900. The van der Waals surface area contributed by atoms with Crippen LogP contribution < -0.4 is 20.1 Å². The summed E-state index contributed by atoms with van der Waals surface area (Å²) < 4.78 is 25.7. The number of rotatable bonds is 17. The number of oxime groups is 1. The van der Waals surface area contributed by atoms with Crippen molar-refractivity contribution in [1.29, 1.82) is 0 Å². The van der Waals surface area contributed by atoms with Crippen LogP contribution in [0.25, 0.3) is 21.6 Å². The maximum absolute atomic E-state index is 13.1. The number of carbonyl (C=O) groups is 4. The summed E-state index contributed by atoms with van der Waals surface area (Å²) in [6.45, 7) is 16.7. The molecule has 3 rings (SSSR count). The lowest BCUT2D eigenvalue weighted by Gasteiger charge is -2.23. The minimum Gasteiger partial charge on any atom is -0.489 e. The first-order chi connectivity index (χ1) is 26.1. The molecule has 0 aliphatic heterocycles. The summed E-state index contributed by atoms with van der Waals surface area (Å²) in [6.07, 6.45) is 1.71. The molecule has 3 N–H and O–H groups in total. The predicted octanol–water partition coefficient (Wildman–Crippen LogP) is 6.07. The maximum atomic E-state index is 13.1. The molecule has 20 heteroatoms. The van der Waals surface area contributed by atoms with Crippen LogP contribution >= 0.6 is 11.3 Å². The number of esters is 1. The van der Waals surface area contributed by atoms with Gasteiger partial charge < -0.3 is 34.2 Å². The van der Waals surface area contributed by atoms with Crippen molar-refractivity contribution in [2.45, 2.75) is 105 Å². The van der Waals surface area contributed by atoms with Gasteiger partial charge in [-0.15, -0.1) is 16.0 Å². The van der Waals surface area contributed by atoms with E-state index in [0.29, 0.717) is 31.8 Å². The summed E-state index contributed by atoms with van der Waals surface area (Å²) in [5.74, 6) is -1.97. The number of carboxylic acid groups (broad SMARTS) is 1. The number of nitrogens with one attached hydrogen (secondary N) is 2. The van der Waals surface area contributed by atoms with Crippen molar-refractivity contribution >= 4 is 46.3 Å². The van der Waals surface area contributed by atoms with Crippen molar-refractivity contribution in [1.82, 2.24) is 15.0 Å². The highest BCUT2D eigenvalue weighted by atomic mass is 32.1. The molecule has 0 aliphatic carbocycles. The van der Waals surface area contributed by atoms with Crippen molar-refractivity contribution in [3.63, 3.8) is 0 Å². The minimum atomic E-state index is -1.50. The smallest absolute Gasteiger partial charge is 0.413 e. The number of alkyl carbamates (subject to hydrolysis) is 1. The molecule has 0 spiro atoms. The molecule has 0 unspecified atom stereocenters. The molecule has 1 atom stereocenters. The standard InChI is InChI=1S/C36H49N9O10S/c1-34(2,3)52-30(48)27(55-42-28(29(46)47)26-22-56-31(40-26)41-33(50)54-36(7,8)9)21-51-25-13-11-23(12-14-25)24-19-44(45(20-24)18-16-39-43-37)17-10-15-38-32(49)53-35(4,5)6/h11-14,19-20,22,27H,10,15-18,21H2,1-9H3,(H2-,38,40,41,46,47,49,50)/p+1/b42-28+/t27-/m0/s1. The third-order valence-electron chi connectivity index (χ3n) is 6.72. The van der Waals surface area contributed by atoms with Crippen LogP contribution in [0.3, 0.4) is 0 Å². The highest BCUT2D eigenvalue weighted by Gasteiger charge is 2.30. The number of ether oxygens (including phenoxy) is 4. The lowest BCUT2D eigenvalue weighted by Crippen LogP contribution is -2.44. The second-order valence-electron chi connectivity index (χ2n) is 15.1. The zero-order valence-electron chi connectivity index (χ0n) is 33.0. The van der Waals surface area contributed by atoms with E-state index in [0.717, 1.165) is 22.5 Å². The lowest BCUT2D eigenvalue weighted by molar-refractivity contribution is -0.773. The van der Waals surface area contributed by atoms with Crippen LogP contribution in [0.2, 0.25) is 0 Å². The van der Waals surface area contributed by atoms with Crippen LogP contribution in [0.15, 0.2) is 52.3 Å². The van der Waals surface area contributed by atoms with E-state index in [-0.39, 0.29) is 24.0 Å². The van der Waals surface area contributed by atoms with Crippen molar-refractivity contribution in [2.75, 3.05) is 25.0 Å². The Balaban J connectivity index is 1.74. The number of aliphatic carboxylic acids is 1. The minimum absolute atomic E-state index is 0.0609. The fraction of sp³-hybridized carbons (Fsp3) is 0.528. The Kier molecular flexibility index (Phi) is 15.6. The number of anilines is 1. The Labute approximate surface area is 328 Å². The molecule has 0 fully saturated rings. The van der Waals surface area contributed by atoms with Gasteiger partial charge in [-0.1, -0.05) is 22.4 Å². The molecule has 1 aromatic carbocycles. The summed E-state index contributed by atoms with van der Waals surface area (Å²) in [6, 6.07) is 7.00. The summed E-state index contributed by atoms with van der Waals surface area (Å²) in [5.41, 5.74) is 7.43. The zero-order chi connectivity index (χ0) is 41.7. The number of benzene rings is 1. The monoisotopic (exact) mass is 800 g/mol. The Morgan fingerprint density at radius 1 is 0.964 bits per heavy atom. The van der Waals surface area contributed by atoms with E-state index in [1.807, 2.05) is 33.9 Å². The molecule has 0 bridgehead atoms. The lowest BCUT2D eigenvalue weighted by atomic mass is 10.1. The van der Waals surface area contributed by atoms with Crippen LogP contribution in [-0.2, 0) is 41.7 Å². The molecule has 2 aromatic heterocycles. The normalized spacial score (nSPS) is 12.5. The number of hydrogen-bond donors (Lipinski definition) is 3. The number of aromatic nitrogens is 3. The fourth-order valence-electron chi connectivity index (χ4n) is 4.54. The summed E-state index contributed by atoms with van der Waals surface area (Å²) in [5, 5.41) is 23.8. The fourth-order valence-corrected chi connectivity index (χ4v) is 5.22. The van der Waals surface area contributed by atoms with Crippen LogP contribution in [0.5, 0.6) is 5.75 Å². The molecule has 2 heterocycles. The van der Waals surface area contributed by atoms with Gasteiger partial charge in [0.25, 0.3) is 6.10 Å². The maximum Gasteiger partial charge on any atom is 0.413 e. The molecule has 304 valence electrons. The Morgan fingerprint density at radius 3 is 2.21 bits per heavy atom. The second kappa shape index (κ2) is 19.6. The number of azide groups is 1. The van der Waals surface area contributed by atoms with Crippen LogP contribution in [0, 0.1) is 0 Å². The highest BCUT2D eigenvalue weighted by molar-refractivity contribution is 7.14. The van der Waals surface area contributed by atoms with Crippen LogP contribution in [0.1, 0.15) is 74.4 Å². The molecule has 56 heavy (non-hydrogen) atoms. The van der Waals surface area contributed by atoms with E-state index in [4.69, 9.17) is 29.3 Å². The predicted molar refractivity (Wildman–Crippen MR) is 205 cm³/mol. The second-order valence-corrected chi connectivity index (χ2v) is 16.0. The molecule has 0 radical (unpaired) electrons. The average molecular weight is 801 g/mol. The molecule has 2 amide bonds. The van der Waals surface area contributed by atoms with Gasteiger partial charge in [0, 0.05) is 16.8 Å². The van der Waals surface area contributed by atoms with Crippen molar-refractivity contribution < 1.29 is 52.8 Å². The third-order valence-corrected chi connectivity index (χ3v) is 7.48. The molecule has 0 saturated carbocycles. The number of amides is 2. The number of thiazole rings is 1. The Hall–Kier alpha value is -5.88. The summed E-state index contributed by atoms with van der Waals surface area (Å²) in [4.78, 5) is 61.8. The molecule has 3 aromatic rings. The molecule has 0 aliphatic rings. The van der Waals surface area contributed by atoms with E-state index >= 15 is 0 Å². The first-order valence-corrected chi connectivity index (χ1v) is 18.5. The van der Waals surface area contributed by atoms with Crippen molar-refractivity contribution in [2.24, 2.45) is 10.3 Å². The third kappa shape index (κ3) is 15.8. The molecular formula is C36H50N9O10S+. The van der Waals surface area contributed by atoms with Gasteiger partial charge in [0.05, 0.1) is 24.8 Å². The number of aryl methyl sites for hydroxylation is 1. The Morgan fingerprint density at radius 2 is 1.61 bits per heavy atom. The van der Waals surface area contributed by atoms with Crippen LogP contribution in [-0.4, -0.2) is 87.2 Å². The number of carboxylic acids is 1. The topological polar surface area (TPSA) is 242 Å². The van der Waals surface area contributed by atoms with Gasteiger partial charge >= 0.3 is 24.1 Å². The van der Waals surface area contributed by atoms with Gasteiger partial charge in [0.15, 0.2) is 11.7 Å². The van der Waals surface area contributed by atoms with E-state index in [9.17, 15) is 24.3 Å². The summed E-state index contributed by atoms with van der Waals surface area (Å²) in [7, 11) is 0. The van der Waals surface area contributed by atoms with Gasteiger partial charge in [0.2, 0.25) is 11.9 Å². The van der Waals surface area contributed by atoms with Gasteiger partial charge in [-0.3, -0.25) is 5.32 Å². The number of hydrogen-bond acceptors (Lipinski definition) is 13. The highest BCUT2D eigenvalue weighted by Crippen LogP contribution is 2.23. The first kappa shape index (κ1) is 44.5. The number of carbonyl (C=O) groups excluding carboxylic acids is 3. The van der Waals surface area contributed by atoms with Gasteiger partial charge in [0.1, 0.15) is 34.9 Å². The average Bonchev–Trinajstić information content (AvgIpc) is 3.69. The van der Waals surface area contributed by atoms with Crippen LogP contribution in [0.4, 0.5) is 14.7 Å². The van der Waals surface area contributed by atoms with E-state index < -0.39 is 52.7 Å². The quantitative estimate of drug-likeness (QED) is 0.0163.